The Labute approximate surface area is 132 Å². The van der Waals surface area contributed by atoms with E-state index in [1.807, 2.05) is 0 Å². The van der Waals surface area contributed by atoms with Gasteiger partial charge >= 0.3 is 0 Å². The van der Waals surface area contributed by atoms with Gasteiger partial charge in [0.05, 0.1) is 12.7 Å². The van der Waals surface area contributed by atoms with Gasteiger partial charge in [0.2, 0.25) is 0 Å². The maximum Gasteiger partial charge on any atom is 0.256 e. The van der Waals surface area contributed by atoms with Crippen LogP contribution in [-0.4, -0.2) is 18.8 Å². The van der Waals surface area contributed by atoms with E-state index in [1.54, 1.807) is 42.5 Å². The number of anilines is 1. The van der Waals surface area contributed by atoms with Gasteiger partial charge in [-0.1, -0.05) is 23.7 Å². The first kappa shape index (κ1) is 14.4. The molecule has 0 saturated carbocycles. The predicted octanol–water partition coefficient (Wildman–Crippen LogP) is 3.57. The monoisotopic (exact) mass is 313 g/mol. The molecule has 1 amide bonds. The number of ether oxygens (including phenoxy) is 1. The van der Waals surface area contributed by atoms with Gasteiger partial charge < -0.3 is 10.1 Å². The molecule has 1 N–H and O–H groups in total. The van der Waals surface area contributed by atoms with Crippen molar-refractivity contribution < 1.29 is 14.3 Å². The standard InChI is InChI=1S/C17H12ClNO3/c1-22-12-4-2-3-10(7-12)16(20)9-14-13-8-11(18)5-6-15(13)19-17(14)21/h2-9H,1H3,(H,19,21)/b14-9-. The number of halogens is 1. The van der Waals surface area contributed by atoms with E-state index >= 15 is 0 Å². The smallest absolute Gasteiger partial charge is 0.256 e. The molecule has 1 heterocycles. The van der Waals surface area contributed by atoms with Gasteiger partial charge in [0.1, 0.15) is 5.75 Å². The van der Waals surface area contributed by atoms with Gasteiger partial charge in [-0.25, -0.2) is 0 Å². The molecule has 0 unspecified atom stereocenters. The molecule has 1 aliphatic heterocycles. The molecule has 0 bridgehead atoms. The summed E-state index contributed by atoms with van der Waals surface area (Å²) >= 11 is 5.96. The largest absolute Gasteiger partial charge is 0.497 e. The summed E-state index contributed by atoms with van der Waals surface area (Å²) in [5.41, 5.74) is 2.05. The van der Waals surface area contributed by atoms with E-state index < -0.39 is 0 Å². The fourth-order valence-corrected chi connectivity index (χ4v) is 2.47. The maximum atomic E-state index is 12.4. The number of fused-ring (bicyclic) bond motifs is 1. The average molecular weight is 314 g/mol. The number of amides is 1. The molecule has 2 aromatic carbocycles. The summed E-state index contributed by atoms with van der Waals surface area (Å²) in [4.78, 5) is 24.4. The van der Waals surface area contributed by atoms with Gasteiger partial charge in [-0.3, -0.25) is 9.59 Å². The molecule has 0 aromatic heterocycles. The van der Waals surface area contributed by atoms with Gasteiger partial charge in [-0.15, -0.1) is 0 Å². The summed E-state index contributed by atoms with van der Waals surface area (Å²) < 4.78 is 5.10. The summed E-state index contributed by atoms with van der Waals surface area (Å²) in [5, 5.41) is 3.22. The second-order valence-electron chi connectivity index (χ2n) is 4.80. The van der Waals surface area contributed by atoms with Crippen LogP contribution in [0.3, 0.4) is 0 Å². The first-order chi connectivity index (χ1) is 10.6. The highest BCUT2D eigenvalue weighted by molar-refractivity contribution is 6.36. The number of methoxy groups -OCH3 is 1. The molecule has 2 aromatic rings. The molecule has 0 radical (unpaired) electrons. The zero-order chi connectivity index (χ0) is 15.7. The molecule has 1 aliphatic rings. The van der Waals surface area contributed by atoms with Crippen molar-refractivity contribution in [3.05, 3.63) is 64.7 Å². The second-order valence-corrected chi connectivity index (χ2v) is 5.23. The lowest BCUT2D eigenvalue weighted by Gasteiger charge is -2.02. The summed E-state index contributed by atoms with van der Waals surface area (Å²) in [6.45, 7) is 0. The number of hydrogen-bond donors (Lipinski definition) is 1. The fourth-order valence-electron chi connectivity index (χ4n) is 2.29. The number of carbonyl (C=O) groups is 2. The highest BCUT2D eigenvalue weighted by Gasteiger charge is 2.25. The van der Waals surface area contributed by atoms with Crippen LogP contribution in [-0.2, 0) is 4.79 Å². The van der Waals surface area contributed by atoms with E-state index in [0.29, 0.717) is 33.2 Å². The number of hydrogen-bond acceptors (Lipinski definition) is 3. The summed E-state index contributed by atoms with van der Waals surface area (Å²) in [5.74, 6) is 0.00829. The van der Waals surface area contributed by atoms with Gasteiger partial charge in [0.15, 0.2) is 5.78 Å². The van der Waals surface area contributed by atoms with Crippen molar-refractivity contribution in [2.45, 2.75) is 0 Å². The first-order valence-electron chi connectivity index (χ1n) is 6.60. The topological polar surface area (TPSA) is 55.4 Å². The van der Waals surface area contributed by atoms with Crippen molar-refractivity contribution >= 4 is 34.6 Å². The zero-order valence-corrected chi connectivity index (χ0v) is 12.5. The van der Waals surface area contributed by atoms with Crippen molar-refractivity contribution in [2.24, 2.45) is 0 Å². The maximum absolute atomic E-state index is 12.4. The average Bonchev–Trinajstić information content (AvgIpc) is 2.83. The van der Waals surface area contributed by atoms with Crippen LogP contribution in [0.5, 0.6) is 5.75 Å². The normalized spacial score (nSPS) is 14.6. The van der Waals surface area contributed by atoms with Crippen LogP contribution in [0, 0.1) is 0 Å². The molecule has 22 heavy (non-hydrogen) atoms. The SMILES string of the molecule is COc1cccc(C(=O)/C=C2\C(=O)Nc3ccc(Cl)cc32)c1. The van der Waals surface area contributed by atoms with Crippen molar-refractivity contribution in [1.82, 2.24) is 0 Å². The highest BCUT2D eigenvalue weighted by atomic mass is 35.5. The van der Waals surface area contributed by atoms with Gasteiger partial charge in [-0.2, -0.15) is 0 Å². The number of ketones is 1. The molecule has 0 spiro atoms. The van der Waals surface area contributed by atoms with E-state index in [4.69, 9.17) is 16.3 Å². The highest BCUT2D eigenvalue weighted by Crippen LogP contribution is 2.34. The van der Waals surface area contributed by atoms with Crippen LogP contribution in [0.2, 0.25) is 5.02 Å². The van der Waals surface area contributed by atoms with Gasteiger partial charge in [0.25, 0.3) is 5.91 Å². The second kappa shape index (κ2) is 5.66. The van der Waals surface area contributed by atoms with Crippen molar-refractivity contribution in [3.63, 3.8) is 0 Å². The number of nitrogens with one attached hydrogen (secondary N) is 1. The Kier molecular flexibility index (Phi) is 3.69. The minimum absolute atomic E-state index is 0.267. The van der Waals surface area contributed by atoms with E-state index in [2.05, 4.69) is 5.32 Å². The van der Waals surface area contributed by atoms with Crippen LogP contribution < -0.4 is 10.1 Å². The number of benzene rings is 2. The Morgan fingerprint density at radius 3 is 2.82 bits per heavy atom. The van der Waals surface area contributed by atoms with E-state index in [9.17, 15) is 9.59 Å². The van der Waals surface area contributed by atoms with Crippen molar-refractivity contribution in [1.29, 1.82) is 0 Å². The van der Waals surface area contributed by atoms with Crippen molar-refractivity contribution in [3.8, 4) is 5.75 Å². The van der Waals surface area contributed by atoms with Crippen LogP contribution in [0.4, 0.5) is 5.69 Å². The Balaban J connectivity index is 2.00. The molecular weight excluding hydrogens is 302 g/mol. The Hall–Kier alpha value is -2.59. The molecule has 3 rings (SSSR count). The molecule has 0 fully saturated rings. The number of rotatable bonds is 3. The van der Waals surface area contributed by atoms with Crippen LogP contribution >= 0.6 is 11.6 Å². The van der Waals surface area contributed by atoms with E-state index in [1.165, 1.54) is 13.2 Å². The van der Waals surface area contributed by atoms with E-state index in [-0.39, 0.29) is 11.7 Å². The minimum atomic E-state index is -0.312. The third kappa shape index (κ3) is 2.61. The lowest BCUT2D eigenvalue weighted by atomic mass is 10.0. The van der Waals surface area contributed by atoms with Crippen molar-refractivity contribution in [2.75, 3.05) is 12.4 Å². The first-order valence-corrected chi connectivity index (χ1v) is 6.97. The quantitative estimate of drug-likeness (QED) is 0.696. The Morgan fingerprint density at radius 1 is 1.23 bits per heavy atom. The number of allylic oxidation sites excluding steroid dienone is 1. The molecule has 0 aliphatic carbocycles. The zero-order valence-electron chi connectivity index (χ0n) is 11.7. The van der Waals surface area contributed by atoms with Gasteiger partial charge in [-0.05, 0) is 36.4 Å². The summed E-state index contributed by atoms with van der Waals surface area (Å²) in [6.07, 6.45) is 1.33. The third-order valence-corrected chi connectivity index (χ3v) is 3.63. The van der Waals surface area contributed by atoms with E-state index in [0.717, 1.165) is 0 Å². The van der Waals surface area contributed by atoms with Gasteiger partial charge in [0, 0.05) is 21.8 Å². The summed E-state index contributed by atoms with van der Waals surface area (Å²) in [6, 6.07) is 11.9. The van der Waals surface area contributed by atoms with Crippen LogP contribution in [0.15, 0.2) is 48.5 Å². The number of carbonyl (C=O) groups excluding carboxylic acids is 2. The molecule has 0 atom stereocenters. The lowest BCUT2D eigenvalue weighted by Crippen LogP contribution is -2.06. The fraction of sp³-hybridized carbons (Fsp3) is 0.0588. The molecule has 5 heteroatoms. The summed E-state index contributed by atoms with van der Waals surface area (Å²) in [7, 11) is 1.53. The lowest BCUT2D eigenvalue weighted by molar-refractivity contribution is -0.110. The Morgan fingerprint density at radius 2 is 2.05 bits per heavy atom. The van der Waals surface area contributed by atoms with Crippen LogP contribution in [0.1, 0.15) is 15.9 Å². The van der Waals surface area contributed by atoms with Crippen LogP contribution in [0.25, 0.3) is 5.57 Å². The Bertz CT molecular complexity index is 811. The third-order valence-electron chi connectivity index (χ3n) is 3.39. The molecule has 0 saturated heterocycles. The molecule has 110 valence electrons. The predicted molar refractivity (Wildman–Crippen MR) is 85.4 cm³/mol. The molecule has 4 nitrogen and oxygen atoms in total. The minimum Gasteiger partial charge on any atom is -0.497 e. The molecular formula is C17H12ClNO3.